The summed E-state index contributed by atoms with van der Waals surface area (Å²) in [6.45, 7) is -3.81. The van der Waals surface area contributed by atoms with E-state index in [-0.39, 0.29) is 81.2 Å². The van der Waals surface area contributed by atoms with Crippen LogP contribution in [0.5, 0.6) is 0 Å². The van der Waals surface area contributed by atoms with Gasteiger partial charge in [0.2, 0.25) is 0 Å². The Kier molecular flexibility index (Phi) is 26.5. The molecule has 0 bridgehead atoms. The topological polar surface area (TPSA) is 149 Å². The molecule has 92 heavy (non-hydrogen) atoms. The van der Waals surface area contributed by atoms with Gasteiger partial charge < -0.3 is 29.7 Å². The molecule has 0 amide bonds. The number of aryl methyl sites for hydroxylation is 6. The maximum atomic E-state index is 9.08. The molecular formula is C72H64B6Ir2N4O5S3-4. The number of aromatic nitrogens is 4. The molecule has 0 unspecified atom stereocenters. The number of pyridine rings is 4. The van der Waals surface area contributed by atoms with Crippen LogP contribution >= 0.6 is 22.7 Å². The Bertz CT molecular complexity index is 4940. The second-order valence-corrected chi connectivity index (χ2v) is 21.5. The van der Waals surface area contributed by atoms with Crippen molar-refractivity contribution in [3.8, 4) is 81.1 Å². The molecule has 6 aromatic heterocycles. The van der Waals surface area contributed by atoms with Crippen molar-refractivity contribution < 1.29 is 85.3 Å². The number of hydrogen-bond acceptors (Lipinski definition) is 11. The zero-order valence-electron chi connectivity index (χ0n) is 66.4. The van der Waals surface area contributed by atoms with Gasteiger partial charge in [-0.2, -0.15) is 11.3 Å². The Labute approximate surface area is 607 Å². The molecule has 0 fully saturated rings. The zero-order chi connectivity index (χ0) is 79.7. The van der Waals surface area contributed by atoms with Crippen LogP contribution in [0.1, 0.15) is 62.2 Å². The third-order valence-electron chi connectivity index (χ3n) is 11.5. The fraction of sp³-hybridized carbons (Fsp3) is 0.139. The van der Waals surface area contributed by atoms with Crippen LogP contribution < -0.4 is 0 Å². The summed E-state index contributed by atoms with van der Waals surface area (Å²) in [6.07, 6.45) is 9.44. The summed E-state index contributed by atoms with van der Waals surface area (Å²) in [4.78, 5) is 16.8. The van der Waals surface area contributed by atoms with E-state index in [1.54, 1.807) is 61.6 Å². The van der Waals surface area contributed by atoms with Gasteiger partial charge in [0.1, 0.15) is 0 Å². The van der Waals surface area contributed by atoms with Crippen LogP contribution in [-0.4, -0.2) is 107 Å². The summed E-state index contributed by atoms with van der Waals surface area (Å²) in [5.74, 6) is 12.0. The minimum absolute atomic E-state index is 0. The van der Waals surface area contributed by atoms with E-state index in [4.69, 9.17) is 82.5 Å². The smallest absolute Gasteiger partial charge is 0.0916 e. The monoisotopic (exact) mass is 1630 g/mol. The minimum atomic E-state index is -3.92. The number of benzene rings is 6. The quantitative estimate of drug-likeness (QED) is 0.0743. The van der Waals surface area contributed by atoms with Crippen LogP contribution in [-0.2, 0) is 50.3 Å². The third kappa shape index (κ3) is 26.3. The summed E-state index contributed by atoms with van der Waals surface area (Å²) in [5, 5.41) is 18.4. The number of terminal acetylenes is 1. The van der Waals surface area contributed by atoms with Crippen molar-refractivity contribution in [2.45, 2.75) is 48.2 Å². The van der Waals surface area contributed by atoms with E-state index in [0.717, 1.165) is 93.8 Å². The van der Waals surface area contributed by atoms with Gasteiger partial charge in [0, 0.05) is 176 Å². The minimum Gasteiger partial charge on any atom is -0.748 e. The predicted octanol–water partition coefficient (Wildman–Crippen LogP) is 13.7. The van der Waals surface area contributed by atoms with Crippen LogP contribution in [0.3, 0.4) is 0 Å². The largest absolute Gasteiger partial charge is 0.748 e. The van der Waals surface area contributed by atoms with Crippen LogP contribution in [0.15, 0.2) is 188 Å². The molecule has 20 heteroatoms. The molecule has 460 valence electrons. The average Bonchev–Trinajstić information content (AvgIpc) is 1.59. The van der Waals surface area contributed by atoms with Crippen molar-refractivity contribution >= 4 is 117 Å². The molecule has 2 N–H and O–H groups in total. The molecule has 0 aliphatic heterocycles. The Balaban J connectivity index is 0.000000449. The summed E-state index contributed by atoms with van der Waals surface area (Å²) >= 11 is 3.19. The second kappa shape index (κ2) is 42.6. The van der Waals surface area contributed by atoms with Gasteiger partial charge in [-0.3, -0.25) is 4.98 Å². The number of hydrogen-bond donors (Lipinski definition) is 2. The number of nitrogens with zero attached hydrogens (tertiary/aromatic N) is 4. The van der Waals surface area contributed by atoms with Crippen LogP contribution in [0.4, 0.5) is 0 Å². The fourth-order valence-corrected chi connectivity index (χ4v) is 9.76. The maximum absolute atomic E-state index is 9.08. The molecule has 0 saturated carbocycles. The van der Waals surface area contributed by atoms with Gasteiger partial charge in [0.15, 0.2) is 0 Å². The number of fused-ring (bicyclic) bond motifs is 6. The van der Waals surface area contributed by atoms with Gasteiger partial charge in [-0.25, -0.2) is 8.42 Å². The molecule has 0 spiro atoms. The molecule has 0 saturated heterocycles. The second-order valence-electron chi connectivity index (χ2n) is 18.0. The standard InChI is InChI=1S/C18H13NS.C18H12NS.2C13H12N.C7H4.CH4O3S.2CH4O.B6.2Ir/c2*1-12-9-10-16(19-11-12)15-7-4-6-14-13-5-2-3-8-17(13)20-18(14)15;2*1-10-8-13(14-9-11(10)2)12-6-4-3-5-7-12;1-3-5-7-6-4-2;1-5(2,3)4;2*1-2;1-5(2)6(3)4;;/h2-11H,1H3;2-6,8-11H,1H3;2*3-6,8-9H,1-2H3;1H,2H3;1H3,(H,2,3,4);2*2H,1H3;;;/q;3*-1;;;;;;;/p-1/i2*1D3,9D,10D;2*2D3;;;;;;;. The first kappa shape index (κ1) is 57.2. The Morgan fingerprint density at radius 1 is 0.543 bits per heavy atom. The maximum Gasteiger partial charge on any atom is 0.0916 e. The Morgan fingerprint density at radius 2 is 0.989 bits per heavy atom. The normalized spacial score (nSPS) is 12.6. The average molecular weight is 1630 g/mol. The van der Waals surface area contributed by atoms with E-state index in [2.05, 4.69) is 73.8 Å². The number of aliphatic hydroxyl groups is 2. The van der Waals surface area contributed by atoms with Crippen LogP contribution in [0.25, 0.3) is 85.4 Å². The summed E-state index contributed by atoms with van der Waals surface area (Å²) in [5.41, 5.74) is 6.92. The van der Waals surface area contributed by atoms with Crippen molar-refractivity contribution in [2.75, 3.05) is 20.5 Å². The molecular weight excluding hydrogens is 1550 g/mol. The van der Waals surface area contributed by atoms with Gasteiger partial charge in [0.05, 0.1) is 21.3 Å². The van der Waals surface area contributed by atoms with E-state index in [1.165, 1.54) is 24.8 Å². The Hall–Kier alpha value is -7.44. The molecule has 12 aromatic rings. The molecule has 10 radical (unpaired) electrons. The fourth-order valence-electron chi connectivity index (χ4n) is 7.35. The molecule has 6 heterocycles. The van der Waals surface area contributed by atoms with Gasteiger partial charge in [-0.1, -0.05) is 107 Å². The SMILES string of the molecule is C#CC#CC#CC.CO.CO.CS(=O)(=O)[O-].[2H]C([2H])([2H])c1cnc(-c2[c-]cccc2)cc1C.[2H]C([2H])([2H])c1cnc(-c2[c-]cccc2)cc1C.[2H]c1c(C([2H])([2H])[2H])cnc(-c2[c-]ccc3c2sc2ccccc23)c1[2H].[2H]c1c(C([2H])([2H])[2H])cnc(-c2cccc3c2sc2ccccc23)c1[2H].[B]B([B])B([B])[B].[Ir].[Ir]. The first-order valence-electron chi connectivity index (χ1n) is 34.5. The first-order valence-corrected chi connectivity index (χ1v) is 30.0. The predicted molar refractivity (Wildman–Crippen MR) is 386 cm³/mol. The van der Waals surface area contributed by atoms with E-state index < -0.39 is 50.3 Å². The molecule has 9 nitrogen and oxygen atoms in total. The van der Waals surface area contributed by atoms with Gasteiger partial charge in [-0.15, -0.1) is 113 Å². The van der Waals surface area contributed by atoms with Gasteiger partial charge in [-0.05, 0) is 139 Å². The van der Waals surface area contributed by atoms with Crippen LogP contribution in [0.2, 0.25) is 0 Å². The third-order valence-corrected chi connectivity index (χ3v) is 13.9. The molecule has 0 aliphatic rings. The Morgan fingerprint density at radius 3 is 1.43 bits per heavy atom. The van der Waals surface area contributed by atoms with Crippen LogP contribution in [0, 0.1) is 95.5 Å². The van der Waals surface area contributed by atoms with E-state index in [0.29, 0.717) is 28.6 Å². The summed E-state index contributed by atoms with van der Waals surface area (Å²) < 4.78 is 153. The van der Waals surface area contributed by atoms with Crippen molar-refractivity contribution in [1.29, 1.82) is 0 Å². The van der Waals surface area contributed by atoms with E-state index in [9.17, 15) is 0 Å². The van der Waals surface area contributed by atoms with Gasteiger partial charge >= 0.3 is 0 Å². The molecule has 12 rings (SSSR count). The number of aliphatic hydroxyl groups excluding tert-OH is 2. The van der Waals surface area contributed by atoms with Crippen molar-refractivity contribution in [1.82, 2.24) is 19.9 Å². The molecule has 0 aliphatic carbocycles. The molecule has 0 atom stereocenters. The van der Waals surface area contributed by atoms with Crippen molar-refractivity contribution in [3.05, 3.63) is 240 Å². The van der Waals surface area contributed by atoms with Crippen molar-refractivity contribution in [3.63, 3.8) is 0 Å². The van der Waals surface area contributed by atoms with Gasteiger partial charge in [0.25, 0.3) is 0 Å². The molecule has 6 aromatic carbocycles. The number of rotatable bonds is 5. The van der Waals surface area contributed by atoms with E-state index >= 15 is 0 Å². The van der Waals surface area contributed by atoms with Crippen molar-refractivity contribution in [2.24, 2.45) is 0 Å². The summed E-state index contributed by atoms with van der Waals surface area (Å²) in [6, 6.07) is 52.5. The zero-order valence-corrected chi connectivity index (χ0v) is 57.7. The number of thiophene rings is 2. The first-order chi connectivity index (χ1) is 49.8. The van der Waals surface area contributed by atoms with E-state index in [1.807, 2.05) is 115 Å². The summed E-state index contributed by atoms with van der Waals surface area (Å²) in [7, 11) is 17.9.